The van der Waals surface area contributed by atoms with E-state index in [1.807, 2.05) is 4.90 Å². The van der Waals surface area contributed by atoms with Crippen molar-refractivity contribution in [1.82, 2.24) is 10.2 Å². The fraction of sp³-hybridized carbons (Fsp3) is 0.833. The molecule has 1 aliphatic heterocycles. The van der Waals surface area contributed by atoms with Gasteiger partial charge in [-0.05, 0) is 39.2 Å². The van der Waals surface area contributed by atoms with Gasteiger partial charge in [-0.15, -0.1) is 0 Å². The standard InChI is InChI=1S/C12H20N2O2/c1-9(15)11-4-2-3-7-14(11)8-12(16)13-10-5-6-10/h10-11H,2-8H2,1H3,(H,13,16). The number of hydrogen-bond donors (Lipinski definition) is 1. The SMILES string of the molecule is CC(=O)C1CCCCN1CC(=O)NC1CC1. The second-order valence-corrected chi connectivity index (χ2v) is 4.93. The van der Waals surface area contributed by atoms with Crippen molar-refractivity contribution in [3.05, 3.63) is 0 Å². The van der Waals surface area contributed by atoms with Gasteiger partial charge in [-0.1, -0.05) is 6.42 Å². The molecule has 0 radical (unpaired) electrons. The van der Waals surface area contributed by atoms with Crippen LogP contribution in [0, 0.1) is 0 Å². The Morgan fingerprint density at radius 1 is 1.25 bits per heavy atom. The van der Waals surface area contributed by atoms with Crippen LogP contribution in [0.4, 0.5) is 0 Å². The van der Waals surface area contributed by atoms with E-state index < -0.39 is 0 Å². The third-order valence-electron chi connectivity index (χ3n) is 3.37. The zero-order valence-corrected chi connectivity index (χ0v) is 9.87. The van der Waals surface area contributed by atoms with Crippen molar-refractivity contribution < 1.29 is 9.59 Å². The Bertz CT molecular complexity index is 287. The van der Waals surface area contributed by atoms with Crippen molar-refractivity contribution in [3.63, 3.8) is 0 Å². The summed E-state index contributed by atoms with van der Waals surface area (Å²) in [5, 5.41) is 2.97. The van der Waals surface area contributed by atoms with Crippen LogP contribution in [0.3, 0.4) is 0 Å². The van der Waals surface area contributed by atoms with E-state index >= 15 is 0 Å². The van der Waals surface area contributed by atoms with Gasteiger partial charge in [0, 0.05) is 6.04 Å². The molecule has 2 aliphatic rings. The minimum atomic E-state index is -0.0290. The van der Waals surface area contributed by atoms with Crippen LogP contribution in [-0.2, 0) is 9.59 Å². The quantitative estimate of drug-likeness (QED) is 0.765. The van der Waals surface area contributed by atoms with E-state index in [9.17, 15) is 9.59 Å². The first-order valence-corrected chi connectivity index (χ1v) is 6.20. The molecular formula is C12H20N2O2. The van der Waals surface area contributed by atoms with Crippen LogP contribution in [-0.4, -0.2) is 41.8 Å². The van der Waals surface area contributed by atoms with Gasteiger partial charge in [-0.25, -0.2) is 0 Å². The number of carbonyl (C=O) groups is 2. The van der Waals surface area contributed by atoms with Gasteiger partial charge in [0.05, 0.1) is 12.6 Å². The third-order valence-corrected chi connectivity index (χ3v) is 3.37. The van der Waals surface area contributed by atoms with Gasteiger partial charge in [-0.2, -0.15) is 0 Å². The molecule has 1 N–H and O–H groups in total. The summed E-state index contributed by atoms with van der Waals surface area (Å²) in [7, 11) is 0. The molecule has 0 aromatic heterocycles. The Labute approximate surface area is 96.4 Å². The summed E-state index contributed by atoms with van der Waals surface area (Å²) < 4.78 is 0. The molecule has 2 fully saturated rings. The van der Waals surface area contributed by atoms with Crippen LogP contribution in [0.5, 0.6) is 0 Å². The van der Waals surface area contributed by atoms with E-state index in [0.29, 0.717) is 12.6 Å². The number of hydrogen-bond acceptors (Lipinski definition) is 3. The predicted octanol–water partition coefficient (Wildman–Crippen LogP) is 0.708. The Kier molecular flexibility index (Phi) is 3.59. The summed E-state index contributed by atoms with van der Waals surface area (Å²) >= 11 is 0. The molecule has 1 saturated carbocycles. The minimum absolute atomic E-state index is 0.0290. The molecule has 90 valence electrons. The van der Waals surface area contributed by atoms with E-state index in [4.69, 9.17) is 0 Å². The highest BCUT2D eigenvalue weighted by atomic mass is 16.2. The van der Waals surface area contributed by atoms with Crippen LogP contribution < -0.4 is 5.32 Å². The van der Waals surface area contributed by atoms with E-state index in [0.717, 1.165) is 38.6 Å². The van der Waals surface area contributed by atoms with Crippen LogP contribution >= 0.6 is 0 Å². The van der Waals surface area contributed by atoms with E-state index in [1.165, 1.54) is 0 Å². The predicted molar refractivity (Wildman–Crippen MR) is 61.1 cm³/mol. The monoisotopic (exact) mass is 224 g/mol. The van der Waals surface area contributed by atoms with Gasteiger partial charge in [0.25, 0.3) is 0 Å². The molecule has 1 heterocycles. The second kappa shape index (κ2) is 4.95. The molecule has 1 aliphatic carbocycles. The lowest BCUT2D eigenvalue weighted by atomic mass is 9.99. The lowest BCUT2D eigenvalue weighted by Gasteiger charge is -2.33. The van der Waals surface area contributed by atoms with Crippen molar-refractivity contribution in [1.29, 1.82) is 0 Å². The van der Waals surface area contributed by atoms with Gasteiger partial charge in [0.1, 0.15) is 5.78 Å². The zero-order chi connectivity index (χ0) is 11.5. The number of carbonyl (C=O) groups excluding carboxylic acids is 2. The summed E-state index contributed by atoms with van der Waals surface area (Å²) in [6.45, 7) is 2.89. The minimum Gasteiger partial charge on any atom is -0.352 e. The van der Waals surface area contributed by atoms with Gasteiger partial charge in [0.15, 0.2) is 0 Å². The number of rotatable bonds is 4. The number of amides is 1. The van der Waals surface area contributed by atoms with Crippen molar-refractivity contribution in [3.8, 4) is 0 Å². The topological polar surface area (TPSA) is 49.4 Å². The number of Topliss-reactive ketones (excluding diaryl/α,β-unsaturated/α-hetero) is 1. The van der Waals surface area contributed by atoms with Crippen molar-refractivity contribution in [2.24, 2.45) is 0 Å². The normalized spacial score (nSPS) is 26.4. The molecule has 0 bridgehead atoms. The van der Waals surface area contributed by atoms with Gasteiger partial charge >= 0.3 is 0 Å². The summed E-state index contributed by atoms with van der Waals surface area (Å²) in [5.41, 5.74) is 0. The van der Waals surface area contributed by atoms with Crippen molar-refractivity contribution in [2.45, 2.75) is 51.1 Å². The maximum atomic E-state index is 11.7. The number of likely N-dealkylation sites (tertiary alicyclic amines) is 1. The maximum Gasteiger partial charge on any atom is 0.234 e. The van der Waals surface area contributed by atoms with Crippen LogP contribution in [0.1, 0.15) is 39.0 Å². The molecule has 4 heteroatoms. The Balaban J connectivity index is 1.84. The number of ketones is 1. The first-order chi connectivity index (χ1) is 7.66. The third kappa shape index (κ3) is 3.04. The number of nitrogens with zero attached hydrogens (tertiary/aromatic N) is 1. The van der Waals surface area contributed by atoms with Crippen LogP contribution in [0.15, 0.2) is 0 Å². The van der Waals surface area contributed by atoms with E-state index in [2.05, 4.69) is 5.32 Å². The van der Waals surface area contributed by atoms with Crippen molar-refractivity contribution in [2.75, 3.05) is 13.1 Å². The lowest BCUT2D eigenvalue weighted by Crippen LogP contribution is -2.48. The molecule has 16 heavy (non-hydrogen) atoms. The summed E-state index contributed by atoms with van der Waals surface area (Å²) in [6.07, 6.45) is 5.33. The number of piperidine rings is 1. The highest BCUT2D eigenvalue weighted by molar-refractivity contribution is 5.83. The Morgan fingerprint density at radius 3 is 2.62 bits per heavy atom. The fourth-order valence-corrected chi connectivity index (χ4v) is 2.33. The molecule has 1 saturated heterocycles. The van der Waals surface area contributed by atoms with Gasteiger partial charge < -0.3 is 5.32 Å². The largest absolute Gasteiger partial charge is 0.352 e. The van der Waals surface area contributed by atoms with Gasteiger partial charge in [0.2, 0.25) is 5.91 Å². The highest BCUT2D eigenvalue weighted by Crippen LogP contribution is 2.20. The maximum absolute atomic E-state index is 11.7. The molecule has 0 aromatic rings. The van der Waals surface area contributed by atoms with Crippen LogP contribution in [0.25, 0.3) is 0 Å². The molecule has 2 rings (SSSR count). The van der Waals surface area contributed by atoms with Crippen molar-refractivity contribution >= 4 is 11.7 Å². The van der Waals surface area contributed by atoms with E-state index in [-0.39, 0.29) is 17.7 Å². The Hall–Kier alpha value is -0.900. The summed E-state index contributed by atoms with van der Waals surface area (Å²) in [5.74, 6) is 0.273. The molecule has 0 spiro atoms. The molecule has 1 unspecified atom stereocenters. The first kappa shape index (κ1) is 11.6. The summed E-state index contributed by atoms with van der Waals surface area (Å²) in [6, 6.07) is 0.381. The molecule has 4 nitrogen and oxygen atoms in total. The molecule has 1 amide bonds. The fourth-order valence-electron chi connectivity index (χ4n) is 2.33. The highest BCUT2D eigenvalue weighted by Gasteiger charge is 2.29. The molecular weight excluding hydrogens is 204 g/mol. The van der Waals surface area contributed by atoms with E-state index in [1.54, 1.807) is 6.92 Å². The second-order valence-electron chi connectivity index (χ2n) is 4.93. The lowest BCUT2D eigenvalue weighted by molar-refractivity contribution is -0.127. The smallest absolute Gasteiger partial charge is 0.234 e. The van der Waals surface area contributed by atoms with Gasteiger partial charge in [-0.3, -0.25) is 14.5 Å². The number of nitrogens with one attached hydrogen (secondary N) is 1. The first-order valence-electron chi connectivity index (χ1n) is 6.20. The zero-order valence-electron chi connectivity index (χ0n) is 9.87. The average Bonchev–Trinajstić information content (AvgIpc) is 3.02. The molecule has 1 atom stereocenters. The summed E-state index contributed by atoms with van der Waals surface area (Å²) in [4.78, 5) is 25.1. The van der Waals surface area contributed by atoms with Crippen LogP contribution in [0.2, 0.25) is 0 Å². The average molecular weight is 224 g/mol. The molecule has 0 aromatic carbocycles. The Morgan fingerprint density at radius 2 is 2.00 bits per heavy atom.